The number of aryl methyl sites for hydroxylation is 2. The predicted octanol–water partition coefficient (Wildman–Crippen LogP) is 3.23. The Morgan fingerprint density at radius 3 is 2.71 bits per heavy atom. The number of nitrogens with two attached hydrogens (primary N) is 1. The zero-order valence-corrected chi connectivity index (χ0v) is 14.1. The molecule has 1 aromatic carbocycles. The van der Waals surface area contributed by atoms with E-state index in [0.29, 0.717) is 6.61 Å². The summed E-state index contributed by atoms with van der Waals surface area (Å²) in [5, 5.41) is 4.35. The average Bonchev–Trinajstić information content (AvgIpc) is 2.85. The molecule has 0 aliphatic heterocycles. The van der Waals surface area contributed by atoms with Gasteiger partial charge in [-0.25, -0.2) is 0 Å². The minimum Gasteiger partial charge on any atom is -0.383 e. The molecule has 2 aromatic rings. The van der Waals surface area contributed by atoms with E-state index in [2.05, 4.69) is 52.2 Å². The van der Waals surface area contributed by atoms with E-state index in [-0.39, 0.29) is 6.04 Å². The fourth-order valence-electron chi connectivity index (χ4n) is 2.31. The van der Waals surface area contributed by atoms with Crippen LogP contribution >= 0.6 is 15.9 Å². The molecule has 1 heterocycles. The van der Waals surface area contributed by atoms with Crippen LogP contribution in [0.15, 0.2) is 34.9 Å². The maximum atomic E-state index is 6.36. The van der Waals surface area contributed by atoms with Crippen LogP contribution in [0, 0.1) is 6.92 Å². The summed E-state index contributed by atoms with van der Waals surface area (Å²) < 4.78 is 8.00. The lowest BCUT2D eigenvalue weighted by molar-refractivity contribution is 0.182. The van der Waals surface area contributed by atoms with Gasteiger partial charge in [0.05, 0.1) is 29.5 Å². The van der Waals surface area contributed by atoms with Crippen LogP contribution in [0.4, 0.5) is 0 Å². The number of hydrogen-bond donors (Lipinski definition) is 1. The summed E-state index contributed by atoms with van der Waals surface area (Å²) in [7, 11) is 1.69. The number of benzene rings is 1. The summed E-state index contributed by atoms with van der Waals surface area (Å²) in [6.45, 7) is 3.45. The van der Waals surface area contributed by atoms with Crippen molar-refractivity contribution in [2.45, 2.75) is 32.4 Å². The van der Waals surface area contributed by atoms with Crippen molar-refractivity contribution in [2.24, 2.45) is 5.73 Å². The Kier molecular flexibility index (Phi) is 5.96. The van der Waals surface area contributed by atoms with Crippen LogP contribution in [0.5, 0.6) is 0 Å². The van der Waals surface area contributed by atoms with Gasteiger partial charge in [-0.15, -0.1) is 0 Å². The van der Waals surface area contributed by atoms with E-state index in [0.717, 1.165) is 29.6 Å². The minimum atomic E-state index is -0.0416. The van der Waals surface area contributed by atoms with Gasteiger partial charge in [-0.05, 0) is 41.3 Å². The normalized spacial score (nSPS) is 12.6. The fraction of sp³-hybridized carbons (Fsp3) is 0.438. The first kappa shape index (κ1) is 16.2. The number of rotatable bonds is 7. The highest BCUT2D eigenvalue weighted by Crippen LogP contribution is 2.25. The Hall–Kier alpha value is -1.17. The molecule has 2 N–H and O–H groups in total. The van der Waals surface area contributed by atoms with Crippen LogP contribution in [-0.2, 0) is 17.7 Å². The second kappa shape index (κ2) is 7.73. The van der Waals surface area contributed by atoms with Crippen LogP contribution in [0.3, 0.4) is 0 Å². The quantitative estimate of drug-likeness (QED) is 0.832. The van der Waals surface area contributed by atoms with E-state index >= 15 is 0 Å². The monoisotopic (exact) mass is 351 g/mol. The van der Waals surface area contributed by atoms with Crippen LogP contribution < -0.4 is 5.73 Å². The SMILES string of the molecule is COCCn1ncc(Br)c1C(N)CCc1ccc(C)cc1. The molecule has 0 bridgehead atoms. The van der Waals surface area contributed by atoms with E-state index in [1.54, 1.807) is 13.3 Å². The molecular formula is C16H22BrN3O. The lowest BCUT2D eigenvalue weighted by atomic mass is 10.0. The Morgan fingerprint density at radius 1 is 1.33 bits per heavy atom. The van der Waals surface area contributed by atoms with E-state index in [1.165, 1.54) is 11.1 Å². The number of aromatic nitrogens is 2. The molecule has 1 aromatic heterocycles. The van der Waals surface area contributed by atoms with Gasteiger partial charge in [0.1, 0.15) is 0 Å². The first-order chi connectivity index (χ1) is 10.1. The maximum absolute atomic E-state index is 6.36. The van der Waals surface area contributed by atoms with E-state index in [1.807, 2.05) is 4.68 Å². The molecule has 0 aliphatic carbocycles. The molecule has 0 amide bonds. The zero-order valence-electron chi connectivity index (χ0n) is 12.6. The first-order valence-electron chi connectivity index (χ1n) is 7.13. The third-order valence-electron chi connectivity index (χ3n) is 3.56. The molecule has 4 nitrogen and oxygen atoms in total. The summed E-state index contributed by atoms with van der Waals surface area (Å²) >= 11 is 3.54. The Labute approximate surface area is 134 Å². The predicted molar refractivity (Wildman–Crippen MR) is 88.2 cm³/mol. The molecule has 0 fully saturated rings. The standard InChI is InChI=1S/C16H22BrN3O/c1-12-3-5-13(6-4-12)7-8-15(18)16-14(17)11-19-20(16)9-10-21-2/h3-6,11,15H,7-10,18H2,1-2H3. The van der Waals surface area contributed by atoms with Crippen molar-refractivity contribution in [2.75, 3.05) is 13.7 Å². The fourth-order valence-corrected chi connectivity index (χ4v) is 2.90. The average molecular weight is 352 g/mol. The van der Waals surface area contributed by atoms with E-state index in [9.17, 15) is 0 Å². The molecule has 1 atom stereocenters. The Balaban J connectivity index is 2.01. The number of halogens is 1. The van der Waals surface area contributed by atoms with Gasteiger partial charge in [-0.2, -0.15) is 5.10 Å². The van der Waals surface area contributed by atoms with Gasteiger partial charge in [0.2, 0.25) is 0 Å². The van der Waals surface area contributed by atoms with E-state index in [4.69, 9.17) is 10.5 Å². The highest BCUT2D eigenvalue weighted by molar-refractivity contribution is 9.10. The second-order valence-corrected chi connectivity index (χ2v) is 6.08. The highest BCUT2D eigenvalue weighted by Gasteiger charge is 2.16. The van der Waals surface area contributed by atoms with Crippen molar-refractivity contribution >= 4 is 15.9 Å². The summed E-state index contributed by atoms with van der Waals surface area (Å²) in [4.78, 5) is 0. The van der Waals surface area contributed by atoms with Gasteiger partial charge >= 0.3 is 0 Å². The van der Waals surface area contributed by atoms with Gasteiger partial charge in [0.25, 0.3) is 0 Å². The molecular weight excluding hydrogens is 330 g/mol. The molecule has 21 heavy (non-hydrogen) atoms. The Bertz CT molecular complexity index is 565. The minimum absolute atomic E-state index is 0.0416. The molecule has 0 spiro atoms. The number of nitrogens with zero attached hydrogens (tertiary/aromatic N) is 2. The summed E-state index contributed by atoms with van der Waals surface area (Å²) in [6.07, 6.45) is 3.65. The van der Waals surface area contributed by atoms with Gasteiger partial charge in [0.15, 0.2) is 0 Å². The smallest absolute Gasteiger partial charge is 0.0694 e. The van der Waals surface area contributed by atoms with Gasteiger partial charge < -0.3 is 10.5 Å². The summed E-state index contributed by atoms with van der Waals surface area (Å²) in [6, 6.07) is 8.57. The van der Waals surface area contributed by atoms with Crippen molar-refractivity contribution in [1.29, 1.82) is 0 Å². The van der Waals surface area contributed by atoms with Crippen molar-refractivity contribution in [1.82, 2.24) is 9.78 Å². The summed E-state index contributed by atoms with van der Waals surface area (Å²) in [5.41, 5.74) is 10.00. The van der Waals surface area contributed by atoms with Crippen molar-refractivity contribution in [3.8, 4) is 0 Å². The first-order valence-corrected chi connectivity index (χ1v) is 7.92. The largest absolute Gasteiger partial charge is 0.383 e. The molecule has 2 rings (SSSR count). The number of hydrogen-bond acceptors (Lipinski definition) is 3. The van der Waals surface area contributed by atoms with Gasteiger partial charge in [-0.1, -0.05) is 29.8 Å². The molecule has 0 aliphatic rings. The number of ether oxygens (including phenoxy) is 1. The van der Waals surface area contributed by atoms with Crippen molar-refractivity contribution in [3.63, 3.8) is 0 Å². The lowest BCUT2D eigenvalue weighted by Crippen LogP contribution is -2.19. The van der Waals surface area contributed by atoms with Crippen molar-refractivity contribution < 1.29 is 4.74 Å². The topological polar surface area (TPSA) is 53.1 Å². The number of methoxy groups -OCH3 is 1. The van der Waals surface area contributed by atoms with Crippen LogP contribution in [0.25, 0.3) is 0 Å². The lowest BCUT2D eigenvalue weighted by Gasteiger charge is -2.15. The van der Waals surface area contributed by atoms with Gasteiger partial charge in [0, 0.05) is 13.2 Å². The molecule has 0 radical (unpaired) electrons. The molecule has 0 saturated carbocycles. The van der Waals surface area contributed by atoms with Crippen molar-refractivity contribution in [3.05, 3.63) is 51.8 Å². The van der Waals surface area contributed by atoms with Crippen LogP contribution in [0.2, 0.25) is 0 Å². The van der Waals surface area contributed by atoms with Crippen LogP contribution in [0.1, 0.15) is 29.3 Å². The van der Waals surface area contributed by atoms with E-state index < -0.39 is 0 Å². The Morgan fingerprint density at radius 2 is 2.05 bits per heavy atom. The zero-order chi connectivity index (χ0) is 15.2. The third kappa shape index (κ3) is 4.40. The third-order valence-corrected chi connectivity index (χ3v) is 4.17. The molecule has 0 saturated heterocycles. The maximum Gasteiger partial charge on any atom is 0.0694 e. The second-order valence-electron chi connectivity index (χ2n) is 5.22. The summed E-state index contributed by atoms with van der Waals surface area (Å²) in [5.74, 6) is 0. The molecule has 1 unspecified atom stereocenters. The molecule has 114 valence electrons. The van der Waals surface area contributed by atoms with Crippen LogP contribution in [-0.4, -0.2) is 23.5 Å². The molecule has 5 heteroatoms. The highest BCUT2D eigenvalue weighted by atomic mass is 79.9. The van der Waals surface area contributed by atoms with Gasteiger partial charge in [-0.3, -0.25) is 4.68 Å².